The molecule has 0 spiro atoms. The first-order chi connectivity index (χ1) is 15.8. The van der Waals surface area contributed by atoms with Crippen molar-refractivity contribution >= 4 is 11.6 Å². The molecule has 0 saturated heterocycles. The van der Waals surface area contributed by atoms with Gasteiger partial charge in [0.2, 0.25) is 17.6 Å². The molecule has 0 aromatic carbocycles. The Labute approximate surface area is 188 Å². The zero-order valence-corrected chi connectivity index (χ0v) is 18.3. The van der Waals surface area contributed by atoms with Crippen LogP contribution < -0.4 is 11.1 Å². The number of aromatic nitrogens is 6. The van der Waals surface area contributed by atoms with Crippen molar-refractivity contribution in [1.29, 1.82) is 0 Å². The molecule has 9 heteroatoms. The predicted octanol–water partition coefficient (Wildman–Crippen LogP) is 3.80. The highest BCUT2D eigenvalue weighted by molar-refractivity contribution is 5.90. The number of unbranched alkanes of at least 4 members (excludes halogenated alkanes) is 7. The summed E-state index contributed by atoms with van der Waals surface area (Å²) in [6.07, 6.45) is 13.0. The summed E-state index contributed by atoms with van der Waals surface area (Å²) in [4.78, 5) is 20.6. The summed E-state index contributed by atoms with van der Waals surface area (Å²) in [6, 6.07) is 8.96. The fraction of sp³-hybridized carbons (Fsp3) is 0.435. The minimum absolute atomic E-state index is 0.00166. The lowest BCUT2D eigenvalue weighted by Gasteiger charge is -2.06. The number of nitrogens with zero attached hydrogens (tertiary/aromatic N) is 6. The highest BCUT2D eigenvalue weighted by Crippen LogP contribution is 2.16. The van der Waals surface area contributed by atoms with Crippen LogP contribution in [0.3, 0.4) is 0 Å². The maximum absolute atomic E-state index is 12.1. The van der Waals surface area contributed by atoms with E-state index in [0.717, 1.165) is 25.8 Å². The maximum atomic E-state index is 12.1. The van der Waals surface area contributed by atoms with Gasteiger partial charge in [-0.2, -0.15) is 0 Å². The second-order valence-electron chi connectivity index (χ2n) is 7.61. The lowest BCUT2D eigenvalue weighted by Crippen LogP contribution is -2.11. The first-order valence-electron chi connectivity index (χ1n) is 11.2. The number of carbonyl (C=O) groups is 1. The lowest BCUT2D eigenvalue weighted by atomic mass is 10.1. The van der Waals surface area contributed by atoms with Gasteiger partial charge in [-0.1, -0.05) is 44.6 Å². The van der Waals surface area contributed by atoms with Crippen molar-refractivity contribution in [1.82, 2.24) is 30.4 Å². The van der Waals surface area contributed by atoms with Gasteiger partial charge in [-0.3, -0.25) is 14.8 Å². The molecule has 0 saturated carbocycles. The largest absolute Gasteiger partial charge is 0.330 e. The van der Waals surface area contributed by atoms with Crippen LogP contribution in [0.2, 0.25) is 0 Å². The van der Waals surface area contributed by atoms with E-state index in [4.69, 9.17) is 5.73 Å². The van der Waals surface area contributed by atoms with Gasteiger partial charge in [-0.05, 0) is 43.7 Å². The number of nitrogens with two attached hydrogens (primary N) is 1. The molecule has 3 aromatic heterocycles. The zero-order valence-electron chi connectivity index (χ0n) is 18.3. The van der Waals surface area contributed by atoms with Gasteiger partial charge in [0.1, 0.15) is 11.4 Å². The number of hydrogen-bond acceptors (Lipinski definition) is 8. The molecule has 3 heterocycles. The molecule has 0 radical (unpaired) electrons. The third-order valence-corrected chi connectivity index (χ3v) is 5.01. The third-order valence-electron chi connectivity index (χ3n) is 5.01. The number of hydrogen-bond donors (Lipinski definition) is 2. The summed E-state index contributed by atoms with van der Waals surface area (Å²) in [5.74, 6) is 0.664. The summed E-state index contributed by atoms with van der Waals surface area (Å²) in [7, 11) is 0. The third kappa shape index (κ3) is 7.73. The van der Waals surface area contributed by atoms with Gasteiger partial charge in [-0.15, -0.1) is 20.4 Å². The van der Waals surface area contributed by atoms with E-state index < -0.39 is 0 Å². The Morgan fingerprint density at radius 3 is 1.94 bits per heavy atom. The van der Waals surface area contributed by atoms with E-state index in [1.807, 2.05) is 12.1 Å². The highest BCUT2D eigenvalue weighted by Gasteiger charge is 2.09. The molecule has 0 fully saturated rings. The summed E-state index contributed by atoms with van der Waals surface area (Å²) in [5.41, 5.74) is 7.27. The van der Waals surface area contributed by atoms with Crippen molar-refractivity contribution in [3.63, 3.8) is 0 Å². The van der Waals surface area contributed by atoms with Gasteiger partial charge in [0.15, 0.2) is 0 Å². The van der Waals surface area contributed by atoms with Crippen molar-refractivity contribution in [2.75, 3.05) is 11.9 Å². The molecule has 168 valence electrons. The van der Waals surface area contributed by atoms with Crippen LogP contribution in [0, 0.1) is 0 Å². The molecule has 9 nitrogen and oxygen atoms in total. The van der Waals surface area contributed by atoms with Crippen LogP contribution in [-0.2, 0) is 4.79 Å². The zero-order chi connectivity index (χ0) is 22.4. The molecular weight excluding hydrogens is 404 g/mol. The van der Waals surface area contributed by atoms with Crippen LogP contribution in [-0.4, -0.2) is 42.8 Å². The van der Waals surface area contributed by atoms with E-state index in [0.29, 0.717) is 35.1 Å². The Balaban J connectivity index is 1.38. The van der Waals surface area contributed by atoms with E-state index >= 15 is 0 Å². The molecule has 0 aliphatic carbocycles. The van der Waals surface area contributed by atoms with Crippen LogP contribution in [0.1, 0.15) is 57.8 Å². The van der Waals surface area contributed by atoms with Crippen LogP contribution in [0.25, 0.3) is 23.0 Å². The van der Waals surface area contributed by atoms with Crippen molar-refractivity contribution < 1.29 is 4.79 Å². The summed E-state index contributed by atoms with van der Waals surface area (Å²) in [6.45, 7) is 0.787. The van der Waals surface area contributed by atoms with Gasteiger partial charge in [0, 0.05) is 12.6 Å². The van der Waals surface area contributed by atoms with Gasteiger partial charge < -0.3 is 11.1 Å². The molecule has 0 unspecified atom stereocenters. The van der Waals surface area contributed by atoms with Crippen LogP contribution in [0.15, 0.2) is 42.7 Å². The van der Waals surface area contributed by atoms with Crippen LogP contribution >= 0.6 is 0 Å². The van der Waals surface area contributed by atoms with E-state index in [1.54, 1.807) is 30.6 Å². The van der Waals surface area contributed by atoms with E-state index in [1.165, 1.54) is 32.1 Å². The van der Waals surface area contributed by atoms with Crippen molar-refractivity contribution in [2.24, 2.45) is 5.73 Å². The summed E-state index contributed by atoms with van der Waals surface area (Å²) in [5, 5.41) is 19.2. The Morgan fingerprint density at radius 2 is 1.38 bits per heavy atom. The minimum atomic E-state index is 0.00166. The standard InChI is InChI=1S/C23H30N8O/c24-15-9-6-4-2-1-3-5-7-12-21(32)27-18-13-14-20(26-17-18)23-30-28-22(29-31-23)19-11-8-10-16-25-19/h8,10-11,13-14,16-17H,1-7,9,12,15,24H2,(H,27,32). The van der Waals surface area contributed by atoms with E-state index in [2.05, 4.69) is 35.7 Å². The number of pyridine rings is 2. The quantitative estimate of drug-likeness (QED) is 0.388. The molecule has 0 aliphatic heterocycles. The topological polar surface area (TPSA) is 132 Å². The average Bonchev–Trinajstić information content (AvgIpc) is 2.84. The molecule has 32 heavy (non-hydrogen) atoms. The van der Waals surface area contributed by atoms with Gasteiger partial charge in [0.05, 0.1) is 11.9 Å². The smallest absolute Gasteiger partial charge is 0.224 e. The summed E-state index contributed by atoms with van der Waals surface area (Å²) < 4.78 is 0. The van der Waals surface area contributed by atoms with E-state index in [-0.39, 0.29) is 5.91 Å². The van der Waals surface area contributed by atoms with Crippen molar-refractivity contribution in [3.8, 4) is 23.0 Å². The van der Waals surface area contributed by atoms with E-state index in [9.17, 15) is 4.79 Å². The Bertz CT molecular complexity index is 932. The maximum Gasteiger partial charge on any atom is 0.224 e. The number of anilines is 1. The monoisotopic (exact) mass is 434 g/mol. The fourth-order valence-corrected chi connectivity index (χ4v) is 3.24. The van der Waals surface area contributed by atoms with Crippen LogP contribution in [0.5, 0.6) is 0 Å². The second kappa shape index (κ2) is 13.2. The number of carbonyl (C=O) groups excluding carboxylic acids is 1. The SMILES string of the molecule is NCCCCCCCCCCC(=O)Nc1ccc(-c2nnc(-c3ccccn3)nn2)nc1. The van der Waals surface area contributed by atoms with Gasteiger partial charge >= 0.3 is 0 Å². The van der Waals surface area contributed by atoms with Crippen molar-refractivity contribution in [2.45, 2.75) is 57.8 Å². The lowest BCUT2D eigenvalue weighted by molar-refractivity contribution is -0.116. The molecule has 0 atom stereocenters. The molecule has 0 bridgehead atoms. The average molecular weight is 435 g/mol. The second-order valence-corrected chi connectivity index (χ2v) is 7.61. The normalized spacial score (nSPS) is 10.8. The number of amides is 1. The Hall–Kier alpha value is -3.33. The summed E-state index contributed by atoms with van der Waals surface area (Å²) >= 11 is 0. The number of rotatable bonds is 13. The molecule has 1 amide bonds. The van der Waals surface area contributed by atoms with Crippen LogP contribution in [0.4, 0.5) is 5.69 Å². The first kappa shape index (κ1) is 23.3. The minimum Gasteiger partial charge on any atom is -0.330 e. The predicted molar refractivity (Wildman–Crippen MR) is 123 cm³/mol. The molecule has 3 rings (SSSR count). The van der Waals surface area contributed by atoms with Gasteiger partial charge in [0.25, 0.3) is 0 Å². The molecule has 0 aliphatic rings. The Kier molecular flexibility index (Phi) is 9.60. The fourth-order valence-electron chi connectivity index (χ4n) is 3.24. The molecule has 3 aromatic rings. The first-order valence-corrected chi connectivity index (χ1v) is 11.2. The number of nitrogens with one attached hydrogen (secondary N) is 1. The molecular formula is C23H30N8O. The Morgan fingerprint density at radius 1 is 0.750 bits per heavy atom. The molecule has 3 N–H and O–H groups in total. The van der Waals surface area contributed by atoms with Crippen molar-refractivity contribution in [3.05, 3.63) is 42.7 Å². The highest BCUT2D eigenvalue weighted by atomic mass is 16.1. The van der Waals surface area contributed by atoms with Gasteiger partial charge in [-0.25, -0.2) is 0 Å².